The quantitative estimate of drug-likeness (QED) is 0.269. The molecule has 3 N–H and O–H groups in total. The summed E-state index contributed by atoms with van der Waals surface area (Å²) in [7, 11) is 0. The van der Waals surface area contributed by atoms with Crippen molar-refractivity contribution in [1.82, 2.24) is 25.0 Å². The molecule has 32 heavy (non-hydrogen) atoms. The highest BCUT2D eigenvalue weighted by Gasteiger charge is 2.24. The van der Waals surface area contributed by atoms with Crippen LogP contribution in [-0.2, 0) is 19.1 Å². The van der Waals surface area contributed by atoms with Crippen LogP contribution in [0.15, 0.2) is 5.16 Å². The van der Waals surface area contributed by atoms with Gasteiger partial charge in [0.05, 0.1) is 13.2 Å². The Balaban J connectivity index is 2.82. The van der Waals surface area contributed by atoms with E-state index in [-0.39, 0.29) is 31.2 Å². The van der Waals surface area contributed by atoms with Crippen molar-refractivity contribution < 1.29 is 23.9 Å². The number of amides is 2. The molecule has 0 radical (unpaired) electrons. The maximum Gasteiger partial charge on any atom is 0.328 e. The first-order valence-electron chi connectivity index (χ1n) is 10.7. The first-order chi connectivity index (χ1) is 15.4. The maximum absolute atomic E-state index is 12.4. The van der Waals surface area contributed by atoms with Crippen LogP contribution in [-0.4, -0.2) is 71.8 Å². The number of aromatic nitrogens is 3. The van der Waals surface area contributed by atoms with E-state index in [2.05, 4.69) is 30.3 Å². The van der Waals surface area contributed by atoms with E-state index in [4.69, 9.17) is 9.47 Å². The molecule has 0 saturated carbocycles. The van der Waals surface area contributed by atoms with Gasteiger partial charge in [0.25, 0.3) is 0 Å². The average Bonchev–Trinajstić information content (AvgIpc) is 2.76. The van der Waals surface area contributed by atoms with Gasteiger partial charge in [-0.1, -0.05) is 0 Å². The molecule has 0 aromatic carbocycles. The molecule has 0 bridgehead atoms. The van der Waals surface area contributed by atoms with Crippen molar-refractivity contribution in [3.8, 4) is 0 Å². The van der Waals surface area contributed by atoms with Crippen LogP contribution in [0.4, 0.5) is 16.7 Å². The van der Waals surface area contributed by atoms with Crippen molar-refractivity contribution >= 4 is 41.8 Å². The van der Waals surface area contributed by atoms with Crippen LogP contribution in [0.25, 0.3) is 0 Å². The number of ether oxygens (including phenoxy) is 2. The summed E-state index contributed by atoms with van der Waals surface area (Å²) in [6.45, 7) is 11.7. The third-order valence-corrected chi connectivity index (χ3v) is 4.69. The number of nitrogens with one attached hydrogen (secondary N) is 3. The predicted molar refractivity (Wildman–Crippen MR) is 121 cm³/mol. The molecule has 13 heteroatoms. The Hall–Kier alpha value is -2.83. The molecule has 0 spiro atoms. The summed E-state index contributed by atoms with van der Waals surface area (Å²) in [6.07, 6.45) is 0.0235. The van der Waals surface area contributed by atoms with Gasteiger partial charge in [-0.2, -0.15) is 15.0 Å². The topological polar surface area (TPSA) is 148 Å². The van der Waals surface area contributed by atoms with Crippen molar-refractivity contribution in [2.45, 2.75) is 58.7 Å². The van der Waals surface area contributed by atoms with Gasteiger partial charge in [-0.15, -0.1) is 0 Å². The van der Waals surface area contributed by atoms with Crippen LogP contribution < -0.4 is 20.3 Å². The van der Waals surface area contributed by atoms with Gasteiger partial charge in [-0.3, -0.25) is 9.52 Å². The summed E-state index contributed by atoms with van der Waals surface area (Å²) >= 11 is 0.886. The van der Waals surface area contributed by atoms with Crippen LogP contribution >= 0.6 is 11.9 Å². The molecule has 0 fully saturated rings. The number of esters is 2. The number of nitrogens with zero attached hydrogens (tertiary/aromatic N) is 4. The SMILES string of the molecule is CCNc1nc(SNC(=O)NC(CCC(=O)OCC)C(=O)OCC)nc(N(CC)CC)n1. The lowest BCUT2D eigenvalue weighted by Gasteiger charge is -2.19. The van der Waals surface area contributed by atoms with E-state index in [0.29, 0.717) is 31.5 Å². The predicted octanol–water partition coefficient (Wildman–Crippen LogP) is 1.73. The molecule has 1 heterocycles. The summed E-state index contributed by atoms with van der Waals surface area (Å²) in [5.74, 6) is -0.198. The summed E-state index contributed by atoms with van der Waals surface area (Å²) in [5, 5.41) is 5.85. The Kier molecular flexibility index (Phi) is 12.8. The van der Waals surface area contributed by atoms with Gasteiger partial charge in [0, 0.05) is 38.0 Å². The third-order valence-electron chi connectivity index (χ3n) is 4.04. The van der Waals surface area contributed by atoms with Crippen molar-refractivity contribution in [1.29, 1.82) is 0 Å². The molecular weight excluding hydrogens is 438 g/mol. The van der Waals surface area contributed by atoms with Crippen molar-refractivity contribution in [3.63, 3.8) is 0 Å². The molecule has 12 nitrogen and oxygen atoms in total. The summed E-state index contributed by atoms with van der Waals surface area (Å²) in [5.41, 5.74) is 0. The second-order valence-electron chi connectivity index (χ2n) is 6.27. The smallest absolute Gasteiger partial charge is 0.328 e. The van der Waals surface area contributed by atoms with Crippen LogP contribution in [0.1, 0.15) is 47.5 Å². The second-order valence-corrected chi connectivity index (χ2v) is 7.04. The van der Waals surface area contributed by atoms with Crippen LogP contribution in [0.3, 0.4) is 0 Å². The van der Waals surface area contributed by atoms with Gasteiger partial charge < -0.3 is 25.0 Å². The van der Waals surface area contributed by atoms with Crippen molar-refractivity contribution in [2.24, 2.45) is 0 Å². The summed E-state index contributed by atoms with van der Waals surface area (Å²) in [4.78, 5) is 51.2. The molecular formula is C19H33N7O5S. The molecule has 0 aliphatic rings. The fourth-order valence-corrected chi connectivity index (χ4v) is 3.05. The normalized spacial score (nSPS) is 11.3. The monoisotopic (exact) mass is 471 g/mol. The first-order valence-corrected chi connectivity index (χ1v) is 11.5. The zero-order valence-corrected chi connectivity index (χ0v) is 20.1. The lowest BCUT2D eigenvalue weighted by Crippen LogP contribution is -2.45. The molecule has 0 saturated heterocycles. The molecule has 2 amide bonds. The van der Waals surface area contributed by atoms with E-state index in [1.54, 1.807) is 13.8 Å². The Morgan fingerprint density at radius 3 is 2.28 bits per heavy atom. The van der Waals surface area contributed by atoms with Gasteiger partial charge in [-0.05, 0) is 41.0 Å². The molecule has 1 rings (SSSR count). The molecule has 1 aromatic heterocycles. The fraction of sp³-hybridized carbons (Fsp3) is 0.684. The number of anilines is 2. The number of carbonyl (C=O) groups is 3. The first kappa shape index (κ1) is 27.2. The molecule has 180 valence electrons. The number of rotatable bonds is 14. The van der Waals surface area contributed by atoms with Gasteiger partial charge in [0.2, 0.25) is 17.1 Å². The third kappa shape index (κ3) is 9.54. The number of hydrogen-bond donors (Lipinski definition) is 3. The van der Waals surface area contributed by atoms with Crippen LogP contribution in [0.2, 0.25) is 0 Å². The standard InChI is InChI=1S/C19H33N7O5S/c1-6-20-16-22-17(26(7-2)8-3)24-19(23-16)32-25-18(29)21-13(15(28)31-10-5)11-12-14(27)30-9-4/h13H,6-12H2,1-5H3,(H2,21,25,29)(H,20,22,23,24). The second kappa shape index (κ2) is 15.1. The Labute approximate surface area is 192 Å². The zero-order chi connectivity index (χ0) is 23.9. The van der Waals surface area contributed by atoms with E-state index < -0.39 is 24.0 Å². The minimum absolute atomic E-state index is 0.0303. The fourth-order valence-electron chi connectivity index (χ4n) is 2.54. The molecule has 1 atom stereocenters. The Morgan fingerprint density at radius 1 is 1.00 bits per heavy atom. The lowest BCUT2D eigenvalue weighted by molar-refractivity contribution is -0.146. The summed E-state index contributed by atoms with van der Waals surface area (Å²) in [6, 6.07) is -1.64. The molecule has 1 aromatic rings. The van der Waals surface area contributed by atoms with E-state index in [0.717, 1.165) is 11.9 Å². The highest BCUT2D eigenvalue weighted by molar-refractivity contribution is 7.97. The van der Waals surface area contributed by atoms with E-state index in [1.165, 1.54) is 0 Å². The van der Waals surface area contributed by atoms with E-state index in [9.17, 15) is 14.4 Å². The zero-order valence-electron chi connectivity index (χ0n) is 19.3. The molecule has 0 aliphatic carbocycles. The maximum atomic E-state index is 12.4. The van der Waals surface area contributed by atoms with E-state index in [1.807, 2.05) is 25.7 Å². The largest absolute Gasteiger partial charge is 0.466 e. The minimum atomic E-state index is -0.998. The Bertz CT molecular complexity index is 749. The van der Waals surface area contributed by atoms with Gasteiger partial charge in [0.15, 0.2) is 0 Å². The van der Waals surface area contributed by atoms with Crippen molar-refractivity contribution in [3.05, 3.63) is 0 Å². The number of urea groups is 1. The van der Waals surface area contributed by atoms with E-state index >= 15 is 0 Å². The van der Waals surface area contributed by atoms with Gasteiger partial charge >= 0.3 is 18.0 Å². The average molecular weight is 472 g/mol. The van der Waals surface area contributed by atoms with Gasteiger partial charge in [-0.25, -0.2) is 9.59 Å². The summed E-state index contributed by atoms with van der Waals surface area (Å²) < 4.78 is 12.4. The van der Waals surface area contributed by atoms with Crippen LogP contribution in [0, 0.1) is 0 Å². The highest BCUT2D eigenvalue weighted by atomic mass is 32.2. The highest BCUT2D eigenvalue weighted by Crippen LogP contribution is 2.16. The Morgan fingerprint density at radius 2 is 1.69 bits per heavy atom. The minimum Gasteiger partial charge on any atom is -0.466 e. The lowest BCUT2D eigenvalue weighted by atomic mass is 10.1. The van der Waals surface area contributed by atoms with Gasteiger partial charge in [0.1, 0.15) is 6.04 Å². The molecule has 0 aliphatic heterocycles. The van der Waals surface area contributed by atoms with Crippen LogP contribution in [0.5, 0.6) is 0 Å². The molecule has 1 unspecified atom stereocenters. The number of hydrogen-bond acceptors (Lipinski definition) is 11. The van der Waals surface area contributed by atoms with Crippen molar-refractivity contribution in [2.75, 3.05) is 43.1 Å². The number of carbonyl (C=O) groups excluding carboxylic acids is 3.